The van der Waals surface area contributed by atoms with Crippen LogP contribution in [0.25, 0.3) is 0 Å². The Balaban J connectivity index is 4.45. The zero-order valence-corrected chi connectivity index (χ0v) is 42.7. The summed E-state index contributed by atoms with van der Waals surface area (Å²) in [6.45, 7) is 6.48. The van der Waals surface area contributed by atoms with Gasteiger partial charge in [0.25, 0.3) is 0 Å². The van der Waals surface area contributed by atoms with E-state index in [2.05, 4.69) is 93.7 Å². The minimum absolute atomic E-state index is 0.0950. The van der Waals surface area contributed by atoms with Gasteiger partial charge in [0.1, 0.15) is 13.2 Å². The van der Waals surface area contributed by atoms with E-state index >= 15 is 0 Å². The fourth-order valence-corrected chi connectivity index (χ4v) is 7.54. The van der Waals surface area contributed by atoms with E-state index in [-0.39, 0.29) is 37.5 Å². The maximum absolute atomic E-state index is 12.8. The van der Waals surface area contributed by atoms with Crippen LogP contribution in [0.3, 0.4) is 0 Å². The minimum Gasteiger partial charge on any atom is -0.462 e. The molecular weight excluding hydrogens is 805 g/mol. The zero-order chi connectivity index (χ0) is 47.2. The molecular formula is C59H102O6. The molecule has 1 atom stereocenters. The van der Waals surface area contributed by atoms with Crippen molar-refractivity contribution in [3.05, 3.63) is 72.9 Å². The first-order valence-electron chi connectivity index (χ1n) is 27.4. The molecule has 0 aliphatic rings. The number of hydrogen-bond acceptors (Lipinski definition) is 6. The van der Waals surface area contributed by atoms with E-state index in [1.807, 2.05) is 0 Å². The number of esters is 3. The highest BCUT2D eigenvalue weighted by molar-refractivity contribution is 5.71. The van der Waals surface area contributed by atoms with E-state index in [1.54, 1.807) is 0 Å². The lowest BCUT2D eigenvalue weighted by atomic mass is 10.1. The van der Waals surface area contributed by atoms with E-state index in [0.29, 0.717) is 12.8 Å². The third-order valence-corrected chi connectivity index (χ3v) is 11.7. The fraction of sp³-hybridized carbons (Fsp3) is 0.746. The summed E-state index contributed by atoms with van der Waals surface area (Å²) in [7, 11) is 0. The lowest BCUT2D eigenvalue weighted by molar-refractivity contribution is -0.167. The Kier molecular flexibility index (Phi) is 50.9. The van der Waals surface area contributed by atoms with Gasteiger partial charge >= 0.3 is 17.9 Å². The second-order valence-corrected chi connectivity index (χ2v) is 18.1. The van der Waals surface area contributed by atoms with Crippen LogP contribution in [0.1, 0.15) is 265 Å². The molecule has 0 fully saturated rings. The van der Waals surface area contributed by atoms with Gasteiger partial charge in [0.2, 0.25) is 0 Å². The molecule has 0 aliphatic heterocycles. The first kappa shape index (κ1) is 61.9. The molecule has 0 bridgehead atoms. The largest absolute Gasteiger partial charge is 0.462 e. The molecule has 0 N–H and O–H groups in total. The summed E-state index contributed by atoms with van der Waals surface area (Å²) >= 11 is 0. The molecule has 0 aromatic carbocycles. The number of carbonyl (C=O) groups is 3. The van der Waals surface area contributed by atoms with Crippen molar-refractivity contribution in [2.75, 3.05) is 13.2 Å². The standard InChI is InChI=1S/C59H102O6/c1-4-7-10-13-16-19-22-25-28-30-32-34-37-40-43-46-49-52-58(61)64-55-56(54-63-57(60)51-48-45-42-39-36-33-27-24-21-18-15-12-9-6-3)65-59(62)53-50-47-44-41-38-35-31-29-26-23-20-17-14-11-8-5-2/h8,11,17,20,25-26,28-29,33,35-36,38,56H,4-7,9-10,12-16,18-19,21-24,27,30-32,34,37,39-55H2,1-3H3/b11-8-,20-17-,28-25-,29-26-,36-33-,38-35-. The van der Waals surface area contributed by atoms with Crippen LogP contribution in [-0.4, -0.2) is 37.2 Å². The van der Waals surface area contributed by atoms with E-state index in [0.717, 1.165) is 103 Å². The molecule has 0 radical (unpaired) electrons. The first-order valence-corrected chi connectivity index (χ1v) is 27.4. The molecule has 0 aromatic rings. The Morgan fingerprint density at radius 2 is 0.600 bits per heavy atom. The molecule has 0 spiro atoms. The molecule has 0 amide bonds. The first-order chi connectivity index (χ1) is 32.0. The molecule has 1 unspecified atom stereocenters. The predicted molar refractivity (Wildman–Crippen MR) is 279 cm³/mol. The fourth-order valence-electron chi connectivity index (χ4n) is 7.54. The number of carbonyl (C=O) groups excluding carboxylic acids is 3. The van der Waals surface area contributed by atoms with E-state index < -0.39 is 6.10 Å². The van der Waals surface area contributed by atoms with E-state index in [4.69, 9.17) is 14.2 Å². The van der Waals surface area contributed by atoms with Crippen molar-refractivity contribution in [2.45, 2.75) is 271 Å². The highest BCUT2D eigenvalue weighted by atomic mass is 16.6. The number of unbranched alkanes of at least 4 members (excludes halogenated alkanes) is 26. The van der Waals surface area contributed by atoms with Crippen LogP contribution in [0.4, 0.5) is 0 Å². The van der Waals surface area contributed by atoms with Gasteiger partial charge in [-0.25, -0.2) is 0 Å². The van der Waals surface area contributed by atoms with Crippen LogP contribution in [-0.2, 0) is 28.6 Å². The number of ether oxygens (including phenoxy) is 3. The van der Waals surface area contributed by atoms with Gasteiger partial charge in [0.05, 0.1) is 0 Å². The van der Waals surface area contributed by atoms with Crippen LogP contribution in [0, 0.1) is 0 Å². The van der Waals surface area contributed by atoms with Crippen molar-refractivity contribution in [2.24, 2.45) is 0 Å². The van der Waals surface area contributed by atoms with Gasteiger partial charge < -0.3 is 14.2 Å². The minimum atomic E-state index is -0.799. The molecule has 374 valence electrons. The molecule has 6 heteroatoms. The van der Waals surface area contributed by atoms with Crippen LogP contribution < -0.4 is 0 Å². The zero-order valence-electron chi connectivity index (χ0n) is 42.7. The molecule has 6 nitrogen and oxygen atoms in total. The number of hydrogen-bond donors (Lipinski definition) is 0. The van der Waals surface area contributed by atoms with Gasteiger partial charge in [-0.15, -0.1) is 0 Å². The van der Waals surface area contributed by atoms with Gasteiger partial charge in [0.15, 0.2) is 6.10 Å². The average molecular weight is 907 g/mol. The smallest absolute Gasteiger partial charge is 0.306 e. The average Bonchev–Trinajstić information content (AvgIpc) is 3.30. The van der Waals surface area contributed by atoms with Crippen molar-refractivity contribution < 1.29 is 28.6 Å². The summed E-state index contributed by atoms with van der Waals surface area (Å²) in [6, 6.07) is 0. The maximum atomic E-state index is 12.8. The van der Waals surface area contributed by atoms with Crippen LogP contribution in [0.2, 0.25) is 0 Å². The molecule has 0 saturated heterocycles. The molecule has 65 heavy (non-hydrogen) atoms. The topological polar surface area (TPSA) is 78.9 Å². The van der Waals surface area contributed by atoms with Crippen LogP contribution >= 0.6 is 0 Å². The van der Waals surface area contributed by atoms with Crippen molar-refractivity contribution >= 4 is 17.9 Å². The summed E-state index contributed by atoms with van der Waals surface area (Å²) in [6.07, 6.45) is 67.4. The normalized spacial score (nSPS) is 12.6. The number of rotatable bonds is 49. The van der Waals surface area contributed by atoms with Crippen molar-refractivity contribution in [1.29, 1.82) is 0 Å². The van der Waals surface area contributed by atoms with Crippen LogP contribution in [0.15, 0.2) is 72.9 Å². The van der Waals surface area contributed by atoms with Gasteiger partial charge in [-0.05, 0) is 109 Å². The lowest BCUT2D eigenvalue weighted by Gasteiger charge is -2.18. The summed E-state index contributed by atoms with van der Waals surface area (Å²) in [5, 5.41) is 0. The monoisotopic (exact) mass is 907 g/mol. The highest BCUT2D eigenvalue weighted by Crippen LogP contribution is 2.14. The lowest BCUT2D eigenvalue weighted by Crippen LogP contribution is -2.30. The summed E-state index contributed by atoms with van der Waals surface area (Å²) in [5.74, 6) is -0.942. The van der Waals surface area contributed by atoms with Gasteiger partial charge in [0, 0.05) is 19.3 Å². The Labute approximate surface area is 402 Å². The van der Waals surface area contributed by atoms with Crippen molar-refractivity contribution in [1.82, 2.24) is 0 Å². The SMILES string of the molecule is CC/C=C\C/C=C\C/C=C\C/C=C\CCCCCC(=O)OC(COC(=O)CCCCC/C=C\CCCCCCCCC)COC(=O)CCCCCCCCC/C=C\CCCCCCCC. The maximum Gasteiger partial charge on any atom is 0.306 e. The molecule has 0 aromatic heterocycles. The Morgan fingerprint density at radius 3 is 0.969 bits per heavy atom. The van der Waals surface area contributed by atoms with Gasteiger partial charge in [-0.1, -0.05) is 209 Å². The summed E-state index contributed by atoms with van der Waals surface area (Å²) < 4.78 is 16.8. The van der Waals surface area contributed by atoms with Crippen molar-refractivity contribution in [3.8, 4) is 0 Å². The van der Waals surface area contributed by atoms with Gasteiger partial charge in [-0.3, -0.25) is 14.4 Å². The third kappa shape index (κ3) is 51.7. The predicted octanol–water partition coefficient (Wildman–Crippen LogP) is 18.2. The van der Waals surface area contributed by atoms with Crippen LogP contribution in [0.5, 0.6) is 0 Å². The number of allylic oxidation sites excluding steroid dienone is 12. The second-order valence-electron chi connectivity index (χ2n) is 18.1. The Morgan fingerprint density at radius 1 is 0.323 bits per heavy atom. The molecule has 0 heterocycles. The highest BCUT2D eigenvalue weighted by Gasteiger charge is 2.19. The quantitative estimate of drug-likeness (QED) is 0.0262. The second kappa shape index (κ2) is 53.5. The Bertz CT molecular complexity index is 1230. The Hall–Kier alpha value is -3.15. The molecule has 0 rings (SSSR count). The summed E-state index contributed by atoms with van der Waals surface area (Å²) in [5.41, 5.74) is 0. The van der Waals surface area contributed by atoms with Crippen molar-refractivity contribution in [3.63, 3.8) is 0 Å². The molecule has 0 saturated carbocycles. The summed E-state index contributed by atoms with van der Waals surface area (Å²) in [4.78, 5) is 38.1. The van der Waals surface area contributed by atoms with Gasteiger partial charge in [-0.2, -0.15) is 0 Å². The van der Waals surface area contributed by atoms with E-state index in [9.17, 15) is 14.4 Å². The third-order valence-electron chi connectivity index (χ3n) is 11.7. The van der Waals surface area contributed by atoms with E-state index in [1.165, 1.54) is 122 Å². The molecule has 0 aliphatic carbocycles.